The van der Waals surface area contributed by atoms with E-state index in [2.05, 4.69) is 73.7 Å². The first-order valence-corrected chi connectivity index (χ1v) is 12.4. The first kappa shape index (κ1) is 22.1. The quantitative estimate of drug-likeness (QED) is 0.371. The summed E-state index contributed by atoms with van der Waals surface area (Å²) < 4.78 is 5.34. The topological polar surface area (TPSA) is 86.0 Å². The van der Waals surface area contributed by atoms with Crippen LogP contribution in [-0.2, 0) is 22.4 Å². The average molecular weight is 470 g/mol. The van der Waals surface area contributed by atoms with Crippen molar-refractivity contribution in [2.24, 2.45) is 0 Å². The molecule has 1 fully saturated rings. The van der Waals surface area contributed by atoms with Gasteiger partial charge in [0.15, 0.2) is 0 Å². The van der Waals surface area contributed by atoms with Crippen molar-refractivity contribution in [2.45, 2.75) is 49.9 Å². The Morgan fingerprint density at radius 2 is 1.91 bits per heavy atom. The van der Waals surface area contributed by atoms with Gasteiger partial charge in [0.2, 0.25) is 0 Å². The van der Waals surface area contributed by atoms with Crippen molar-refractivity contribution >= 4 is 16.9 Å². The van der Waals surface area contributed by atoms with Gasteiger partial charge in [-0.15, -0.1) is 0 Å². The molecule has 2 aromatic heterocycles. The summed E-state index contributed by atoms with van der Waals surface area (Å²) in [5.41, 5.74) is 6.00. The highest BCUT2D eigenvalue weighted by molar-refractivity contribution is 5.87. The van der Waals surface area contributed by atoms with Crippen molar-refractivity contribution in [1.29, 1.82) is 0 Å². The van der Waals surface area contributed by atoms with Crippen molar-refractivity contribution in [2.75, 3.05) is 13.7 Å². The van der Waals surface area contributed by atoms with Crippen molar-refractivity contribution in [1.82, 2.24) is 25.2 Å². The number of esters is 1. The Labute approximate surface area is 204 Å². The van der Waals surface area contributed by atoms with Gasteiger partial charge in [-0.3, -0.25) is 9.69 Å². The number of ether oxygens (including phenoxy) is 1. The molecule has 4 heterocycles. The Kier molecular flexibility index (Phi) is 5.88. The van der Waals surface area contributed by atoms with Crippen LogP contribution in [0.1, 0.15) is 47.4 Å². The van der Waals surface area contributed by atoms with Gasteiger partial charge in [-0.2, -0.15) is 0 Å². The largest absolute Gasteiger partial charge is 0.468 e. The summed E-state index contributed by atoms with van der Waals surface area (Å²) in [5, 5.41) is 5.02. The molecule has 1 unspecified atom stereocenters. The molecule has 4 aromatic rings. The highest BCUT2D eigenvalue weighted by Gasteiger charge is 2.48. The second-order valence-electron chi connectivity index (χ2n) is 9.64. The van der Waals surface area contributed by atoms with Crippen molar-refractivity contribution in [3.63, 3.8) is 0 Å². The highest BCUT2D eigenvalue weighted by atomic mass is 16.5. The molecule has 0 amide bonds. The van der Waals surface area contributed by atoms with Crippen LogP contribution in [0.15, 0.2) is 67.1 Å². The number of carbonyl (C=O) groups excluding carboxylic acids is 1. The predicted octanol–water partition coefficient (Wildman–Crippen LogP) is 4.07. The fourth-order valence-electron chi connectivity index (χ4n) is 6.14. The lowest BCUT2D eigenvalue weighted by molar-refractivity contribution is -0.152. The van der Waals surface area contributed by atoms with Crippen LogP contribution in [0.3, 0.4) is 0 Å². The van der Waals surface area contributed by atoms with Crippen LogP contribution in [0, 0.1) is 0 Å². The van der Waals surface area contributed by atoms with Gasteiger partial charge in [0, 0.05) is 60.0 Å². The minimum Gasteiger partial charge on any atom is -0.468 e. The van der Waals surface area contributed by atoms with Gasteiger partial charge in [-0.05, 0) is 30.0 Å². The molecule has 6 rings (SSSR count). The lowest BCUT2D eigenvalue weighted by Crippen LogP contribution is -2.55. The molecular formula is C28H31N5O2. The number of aromatic nitrogens is 3. The molecule has 2 aliphatic heterocycles. The Hall–Kier alpha value is -3.42. The van der Waals surface area contributed by atoms with E-state index in [4.69, 9.17) is 4.74 Å². The number of hydrogen-bond donors (Lipinski definition) is 3. The van der Waals surface area contributed by atoms with Crippen LogP contribution in [0.4, 0.5) is 0 Å². The predicted molar refractivity (Wildman–Crippen MR) is 135 cm³/mol. The first-order chi connectivity index (χ1) is 17.2. The van der Waals surface area contributed by atoms with Crippen LogP contribution < -0.4 is 5.32 Å². The normalized spacial score (nSPS) is 24.1. The zero-order chi connectivity index (χ0) is 23.8. The minimum atomic E-state index is -0.312. The summed E-state index contributed by atoms with van der Waals surface area (Å²) in [6.45, 7) is 0.876. The molecule has 0 aliphatic carbocycles. The maximum Gasteiger partial charge on any atom is 0.323 e. The number of nitrogens with one attached hydrogen (secondary N) is 3. The standard InChI is InChI=1S/C28H31N5O2/c1-35-28(34)26-15-22-21-9-5-6-10-23(21)32-27(22)25-14-20(30-12-11-19-16-29-17-31-19)13-24(33(25)26)18-7-3-2-4-8-18/h2-10,16-17,20,24-26,30,32H,11-15H2,1H3,(H,29,31)/t20-,24?,25-,26+/m1/s1. The van der Waals surface area contributed by atoms with E-state index < -0.39 is 0 Å². The third-order valence-electron chi connectivity index (χ3n) is 7.71. The molecule has 7 heteroatoms. The summed E-state index contributed by atoms with van der Waals surface area (Å²) >= 11 is 0. The zero-order valence-electron chi connectivity index (χ0n) is 19.9. The molecule has 0 spiro atoms. The Morgan fingerprint density at radius 1 is 1.11 bits per heavy atom. The summed E-state index contributed by atoms with van der Waals surface area (Å²) in [7, 11) is 1.50. The van der Waals surface area contributed by atoms with Crippen molar-refractivity contribution in [3.8, 4) is 0 Å². The van der Waals surface area contributed by atoms with E-state index in [0.29, 0.717) is 12.5 Å². The zero-order valence-corrected chi connectivity index (χ0v) is 19.9. The van der Waals surface area contributed by atoms with E-state index in [1.807, 2.05) is 12.3 Å². The van der Waals surface area contributed by atoms with E-state index in [9.17, 15) is 4.79 Å². The van der Waals surface area contributed by atoms with Crippen molar-refractivity contribution in [3.05, 3.63) is 89.6 Å². The van der Waals surface area contributed by atoms with Gasteiger partial charge < -0.3 is 20.0 Å². The van der Waals surface area contributed by atoms with Crippen LogP contribution in [0.25, 0.3) is 10.9 Å². The number of imidazole rings is 1. The maximum atomic E-state index is 13.2. The maximum absolute atomic E-state index is 13.2. The summed E-state index contributed by atoms with van der Waals surface area (Å²) in [6, 6.07) is 19.2. The van der Waals surface area contributed by atoms with Crippen LogP contribution in [0.5, 0.6) is 0 Å². The molecule has 0 saturated carbocycles. The Balaban J connectivity index is 1.39. The average Bonchev–Trinajstić information content (AvgIpc) is 3.56. The minimum absolute atomic E-state index is 0.0962. The number of piperidine rings is 1. The number of nitrogens with zero attached hydrogens (tertiary/aromatic N) is 2. The van der Waals surface area contributed by atoms with Crippen LogP contribution in [0.2, 0.25) is 0 Å². The van der Waals surface area contributed by atoms with Crippen LogP contribution >= 0.6 is 0 Å². The monoisotopic (exact) mass is 469 g/mol. The second-order valence-corrected chi connectivity index (χ2v) is 9.64. The lowest BCUT2D eigenvalue weighted by atomic mass is 9.79. The number of H-pyrrole nitrogens is 2. The molecular weight excluding hydrogens is 438 g/mol. The fraction of sp³-hybridized carbons (Fsp3) is 0.357. The van der Waals surface area contributed by atoms with Gasteiger partial charge in [0.25, 0.3) is 0 Å². The number of aromatic amines is 2. The molecule has 35 heavy (non-hydrogen) atoms. The third-order valence-corrected chi connectivity index (χ3v) is 7.71. The van der Waals surface area contributed by atoms with Gasteiger partial charge in [-0.1, -0.05) is 48.5 Å². The number of fused-ring (bicyclic) bond motifs is 5. The summed E-state index contributed by atoms with van der Waals surface area (Å²) in [6.07, 6.45) is 7.04. The number of carbonyl (C=O) groups is 1. The Morgan fingerprint density at radius 3 is 2.71 bits per heavy atom. The Bertz CT molecular complexity index is 1300. The number of benzene rings is 2. The highest BCUT2D eigenvalue weighted by Crippen LogP contribution is 2.48. The van der Waals surface area contributed by atoms with E-state index in [-0.39, 0.29) is 24.1 Å². The van der Waals surface area contributed by atoms with Gasteiger partial charge in [0.05, 0.1) is 19.5 Å². The van der Waals surface area contributed by atoms with Crippen molar-refractivity contribution < 1.29 is 9.53 Å². The van der Waals surface area contributed by atoms with Crippen LogP contribution in [-0.4, -0.2) is 51.6 Å². The number of methoxy groups -OCH3 is 1. The van der Waals surface area contributed by atoms with Gasteiger partial charge in [0.1, 0.15) is 6.04 Å². The van der Waals surface area contributed by atoms with E-state index in [1.54, 1.807) is 6.33 Å². The number of rotatable bonds is 6. The molecule has 4 atom stereocenters. The van der Waals surface area contributed by atoms with E-state index in [0.717, 1.165) is 37.0 Å². The number of para-hydroxylation sites is 1. The SMILES string of the molecule is COC(=O)[C@@H]1Cc2c([nH]c3ccccc23)[C@H]2C[C@H](NCCc3cnc[nH]3)CC(c3ccccc3)N21. The molecule has 7 nitrogen and oxygen atoms in total. The van der Waals surface area contributed by atoms with Gasteiger partial charge in [-0.25, -0.2) is 4.98 Å². The van der Waals surface area contributed by atoms with E-state index in [1.165, 1.54) is 29.3 Å². The van der Waals surface area contributed by atoms with E-state index >= 15 is 0 Å². The molecule has 0 bridgehead atoms. The molecule has 0 radical (unpaired) electrons. The fourth-order valence-corrected chi connectivity index (χ4v) is 6.14. The molecule has 3 N–H and O–H groups in total. The summed E-state index contributed by atoms with van der Waals surface area (Å²) in [5.74, 6) is -0.155. The molecule has 2 aromatic carbocycles. The second kappa shape index (κ2) is 9.32. The molecule has 2 aliphatic rings. The molecule has 1 saturated heterocycles. The lowest BCUT2D eigenvalue weighted by Gasteiger charge is -2.50. The molecule has 180 valence electrons. The first-order valence-electron chi connectivity index (χ1n) is 12.4. The van der Waals surface area contributed by atoms with Gasteiger partial charge >= 0.3 is 5.97 Å². The smallest absolute Gasteiger partial charge is 0.323 e. The summed E-state index contributed by atoms with van der Waals surface area (Å²) in [4.78, 5) is 26.6. The third kappa shape index (κ3) is 4.05. The number of hydrogen-bond acceptors (Lipinski definition) is 5.